The summed E-state index contributed by atoms with van der Waals surface area (Å²) in [6.07, 6.45) is 3.53. The number of benzene rings is 1. The summed E-state index contributed by atoms with van der Waals surface area (Å²) in [7, 11) is 0. The van der Waals surface area contributed by atoms with Crippen molar-refractivity contribution in [3.8, 4) is 0 Å². The van der Waals surface area contributed by atoms with Crippen LogP contribution in [0.5, 0.6) is 0 Å². The Hall–Kier alpha value is -1.18. The molecule has 0 spiro atoms. The summed E-state index contributed by atoms with van der Waals surface area (Å²) < 4.78 is 0. The minimum atomic E-state index is 0.535. The average molecular weight is 270 g/mol. The van der Waals surface area contributed by atoms with Crippen molar-refractivity contribution < 1.29 is 0 Å². The predicted octanol–water partition coefficient (Wildman–Crippen LogP) is 5.10. The zero-order chi connectivity index (χ0) is 13.4. The second-order valence-electron chi connectivity index (χ2n) is 3.65. The van der Waals surface area contributed by atoms with E-state index in [1.54, 1.807) is 12.1 Å². The smallest absolute Gasteiger partial charge is 0.0635 e. The van der Waals surface area contributed by atoms with Crippen molar-refractivity contribution in [3.63, 3.8) is 0 Å². The Morgan fingerprint density at radius 2 is 1.88 bits per heavy atom. The van der Waals surface area contributed by atoms with Gasteiger partial charge in [-0.1, -0.05) is 54.1 Å². The molecule has 0 saturated heterocycles. The number of aryl methyl sites for hydroxylation is 1. The molecule has 0 aliphatic heterocycles. The molecular weight excluding hydrogens is 253 g/mol. The van der Waals surface area contributed by atoms with Crippen LogP contribution in [0.15, 0.2) is 54.1 Å². The molecule has 0 amide bonds. The van der Waals surface area contributed by atoms with Crippen molar-refractivity contribution in [2.75, 3.05) is 5.73 Å². The Balaban J connectivity index is 0.000000304. The van der Waals surface area contributed by atoms with Crippen LogP contribution in [0, 0.1) is 6.92 Å². The first-order valence-corrected chi connectivity index (χ1v) is 5.78. The monoisotopic (exact) mass is 269 g/mol. The summed E-state index contributed by atoms with van der Waals surface area (Å²) in [6.45, 7) is 11.0. The average Bonchev–Trinajstić information content (AvgIpc) is 2.22. The summed E-state index contributed by atoms with van der Waals surface area (Å²) in [6, 6.07) is 5.58. The van der Waals surface area contributed by atoms with E-state index >= 15 is 0 Å². The van der Waals surface area contributed by atoms with E-state index < -0.39 is 0 Å². The van der Waals surface area contributed by atoms with E-state index in [4.69, 9.17) is 28.9 Å². The number of nitrogen functional groups attached to an aromatic ring is 1. The molecule has 0 aromatic heterocycles. The van der Waals surface area contributed by atoms with E-state index in [9.17, 15) is 0 Å². The van der Waals surface area contributed by atoms with Crippen LogP contribution < -0.4 is 5.73 Å². The molecule has 0 aliphatic rings. The quantitative estimate of drug-likeness (QED) is 0.587. The van der Waals surface area contributed by atoms with Crippen LogP contribution in [-0.4, -0.2) is 0 Å². The Morgan fingerprint density at radius 3 is 2.18 bits per heavy atom. The molecule has 0 unspecified atom stereocenters. The largest absolute Gasteiger partial charge is 0.398 e. The molecule has 0 fully saturated rings. The van der Waals surface area contributed by atoms with Gasteiger partial charge >= 0.3 is 0 Å². The summed E-state index contributed by atoms with van der Waals surface area (Å²) in [5.41, 5.74) is 8.25. The summed E-state index contributed by atoms with van der Waals surface area (Å²) in [5, 5.41) is 1.16. The molecule has 0 radical (unpaired) electrons. The van der Waals surface area contributed by atoms with Gasteiger partial charge in [-0.2, -0.15) is 0 Å². The first kappa shape index (κ1) is 15.8. The molecule has 0 heterocycles. The first-order chi connectivity index (χ1) is 7.82. The lowest BCUT2D eigenvalue weighted by Gasteiger charge is -1.96. The number of anilines is 1. The second kappa shape index (κ2) is 7.99. The molecule has 1 rings (SSSR count). The van der Waals surface area contributed by atoms with Crippen molar-refractivity contribution in [2.45, 2.75) is 13.8 Å². The molecule has 1 nitrogen and oxygen atoms in total. The molecule has 0 atom stereocenters. The van der Waals surface area contributed by atoms with Crippen LogP contribution in [0.25, 0.3) is 0 Å². The van der Waals surface area contributed by atoms with Crippen LogP contribution in [0.2, 0.25) is 5.02 Å². The van der Waals surface area contributed by atoms with Gasteiger partial charge in [0, 0.05) is 5.03 Å². The summed E-state index contributed by atoms with van der Waals surface area (Å²) in [4.78, 5) is 0. The third kappa shape index (κ3) is 8.61. The Kier molecular flexibility index (Phi) is 7.44. The van der Waals surface area contributed by atoms with Gasteiger partial charge in [0.2, 0.25) is 0 Å². The van der Waals surface area contributed by atoms with Gasteiger partial charge in [-0.3, -0.25) is 0 Å². The van der Waals surface area contributed by atoms with Gasteiger partial charge < -0.3 is 5.73 Å². The third-order valence-electron chi connectivity index (χ3n) is 1.70. The van der Waals surface area contributed by atoms with E-state index in [1.165, 1.54) is 0 Å². The molecule has 0 bridgehead atoms. The van der Waals surface area contributed by atoms with E-state index in [1.807, 2.05) is 32.1 Å². The highest BCUT2D eigenvalue weighted by atomic mass is 35.5. The number of nitrogens with two attached hydrogens (primary N) is 1. The number of halogens is 2. The maximum Gasteiger partial charge on any atom is 0.0635 e. The van der Waals surface area contributed by atoms with Gasteiger partial charge in [0.15, 0.2) is 0 Å². The molecule has 17 heavy (non-hydrogen) atoms. The molecular formula is C14H17Cl2N. The highest BCUT2D eigenvalue weighted by Crippen LogP contribution is 2.18. The Bertz CT molecular complexity index is 418. The van der Waals surface area contributed by atoms with E-state index in [0.717, 1.165) is 11.1 Å². The van der Waals surface area contributed by atoms with Crippen LogP contribution in [-0.2, 0) is 0 Å². The predicted molar refractivity (Wildman–Crippen MR) is 79.5 cm³/mol. The number of hydrogen-bond donors (Lipinski definition) is 1. The summed E-state index contributed by atoms with van der Waals surface area (Å²) in [5.74, 6) is 0. The third-order valence-corrected chi connectivity index (χ3v) is 2.17. The SMILES string of the molecule is C=C(C)/C=C\C(=C)Cl.Cc1ccc(Cl)c(N)c1. The second-order valence-corrected chi connectivity index (χ2v) is 4.54. The lowest BCUT2D eigenvalue weighted by atomic mass is 10.2. The van der Waals surface area contributed by atoms with Crippen molar-refractivity contribution >= 4 is 28.9 Å². The molecule has 2 N–H and O–H groups in total. The highest BCUT2D eigenvalue weighted by molar-refractivity contribution is 6.33. The topological polar surface area (TPSA) is 26.0 Å². The number of hydrogen-bond acceptors (Lipinski definition) is 1. The first-order valence-electron chi connectivity index (χ1n) is 5.02. The van der Waals surface area contributed by atoms with Gasteiger partial charge in [-0.25, -0.2) is 0 Å². The van der Waals surface area contributed by atoms with Crippen molar-refractivity contribution in [3.05, 3.63) is 64.7 Å². The highest BCUT2D eigenvalue weighted by Gasteiger charge is 1.92. The molecule has 0 saturated carbocycles. The normalized spacial score (nSPS) is 9.65. The fraction of sp³-hybridized carbons (Fsp3) is 0.143. The van der Waals surface area contributed by atoms with Crippen molar-refractivity contribution in [1.29, 1.82) is 0 Å². The van der Waals surface area contributed by atoms with E-state index in [2.05, 4.69) is 13.2 Å². The zero-order valence-electron chi connectivity index (χ0n) is 10.1. The zero-order valence-corrected chi connectivity index (χ0v) is 11.6. The van der Waals surface area contributed by atoms with Crippen molar-refractivity contribution in [1.82, 2.24) is 0 Å². The van der Waals surface area contributed by atoms with Gasteiger partial charge in [0.05, 0.1) is 10.7 Å². The van der Waals surface area contributed by atoms with E-state index in [-0.39, 0.29) is 0 Å². The molecule has 0 aliphatic carbocycles. The maximum absolute atomic E-state index is 5.66. The maximum atomic E-state index is 5.66. The van der Waals surface area contributed by atoms with Gasteiger partial charge in [-0.05, 0) is 37.6 Å². The van der Waals surface area contributed by atoms with Gasteiger partial charge in [0.1, 0.15) is 0 Å². The molecule has 92 valence electrons. The summed E-state index contributed by atoms with van der Waals surface area (Å²) >= 11 is 11.1. The Labute approximate surface area is 113 Å². The molecule has 1 aromatic carbocycles. The molecule has 3 heteroatoms. The van der Waals surface area contributed by atoms with Gasteiger partial charge in [-0.15, -0.1) is 0 Å². The van der Waals surface area contributed by atoms with Gasteiger partial charge in [0.25, 0.3) is 0 Å². The number of rotatable bonds is 2. The lowest BCUT2D eigenvalue weighted by Crippen LogP contribution is -1.85. The van der Waals surface area contributed by atoms with Crippen LogP contribution in [0.3, 0.4) is 0 Å². The van der Waals surface area contributed by atoms with Crippen LogP contribution in [0.4, 0.5) is 5.69 Å². The molecule has 1 aromatic rings. The fourth-order valence-corrected chi connectivity index (χ4v) is 1.08. The minimum Gasteiger partial charge on any atom is -0.398 e. The van der Waals surface area contributed by atoms with Crippen LogP contribution >= 0.6 is 23.2 Å². The number of allylic oxidation sites excluding steroid dienone is 4. The fourth-order valence-electron chi connectivity index (χ4n) is 0.896. The van der Waals surface area contributed by atoms with Crippen LogP contribution in [0.1, 0.15) is 12.5 Å². The standard InChI is InChI=1S/C7H8ClN.C7H9Cl/c1-5-2-3-6(8)7(9)4-5;1-6(2)4-5-7(3)8/h2-4H,9H2,1H3;4-5H,1,3H2,2H3/b;5-4-. The lowest BCUT2D eigenvalue weighted by molar-refractivity contribution is 1.47. The minimum absolute atomic E-state index is 0.535. The Morgan fingerprint density at radius 1 is 1.29 bits per heavy atom. The van der Waals surface area contributed by atoms with E-state index in [0.29, 0.717) is 15.7 Å². The van der Waals surface area contributed by atoms with Crippen molar-refractivity contribution in [2.24, 2.45) is 0 Å².